The van der Waals surface area contributed by atoms with Crippen LogP contribution < -0.4 is 10.6 Å². The third-order valence-corrected chi connectivity index (χ3v) is 4.81. The second kappa shape index (κ2) is 11.0. The lowest BCUT2D eigenvalue weighted by Gasteiger charge is -2.16. The van der Waals surface area contributed by atoms with Crippen LogP contribution in [0.1, 0.15) is 36.6 Å². The van der Waals surface area contributed by atoms with E-state index >= 15 is 0 Å². The predicted octanol–water partition coefficient (Wildman–Crippen LogP) is 5.71. The third-order valence-electron chi connectivity index (χ3n) is 4.60. The fourth-order valence-corrected chi connectivity index (χ4v) is 3.22. The van der Waals surface area contributed by atoms with Gasteiger partial charge in [-0.25, -0.2) is 14.8 Å². The van der Waals surface area contributed by atoms with Crippen LogP contribution in [0.3, 0.4) is 0 Å². The number of urea groups is 1. The molecule has 0 aliphatic heterocycles. The van der Waals surface area contributed by atoms with E-state index < -0.39 is 0 Å². The molecular formula is C24H22ClN7O. The molecule has 0 atom stereocenters. The molecule has 2 N–H and O–H groups in total. The summed E-state index contributed by atoms with van der Waals surface area (Å²) in [4.78, 5) is 28.7. The molecule has 166 valence electrons. The van der Waals surface area contributed by atoms with Gasteiger partial charge < -0.3 is 10.6 Å². The average Bonchev–Trinajstić information content (AvgIpc) is 2.80. The number of anilines is 2. The fourth-order valence-electron chi connectivity index (χ4n) is 3.07. The number of nitriles is 1. The average molecular weight is 460 g/mol. The van der Waals surface area contributed by atoms with Gasteiger partial charge in [0.2, 0.25) is 0 Å². The number of hydrogen-bond donors (Lipinski definition) is 2. The van der Waals surface area contributed by atoms with Crippen molar-refractivity contribution in [3.8, 4) is 6.07 Å². The molecule has 4 aromatic heterocycles. The van der Waals surface area contributed by atoms with E-state index in [-0.39, 0.29) is 11.9 Å². The highest BCUT2D eigenvalue weighted by molar-refractivity contribution is 6.29. The van der Waals surface area contributed by atoms with E-state index in [1.54, 1.807) is 43.0 Å². The van der Waals surface area contributed by atoms with Crippen molar-refractivity contribution in [3.05, 3.63) is 83.2 Å². The molecule has 0 saturated heterocycles. The van der Waals surface area contributed by atoms with E-state index in [9.17, 15) is 4.79 Å². The molecule has 0 radical (unpaired) electrons. The maximum absolute atomic E-state index is 12.2. The smallest absolute Gasteiger partial charge is 0.308 e. The number of amides is 2. The van der Waals surface area contributed by atoms with Crippen LogP contribution in [-0.2, 0) is 0 Å². The second-order valence-corrected chi connectivity index (χ2v) is 7.72. The number of pyridine rings is 4. The summed E-state index contributed by atoms with van der Waals surface area (Å²) in [7, 11) is 0. The molecule has 0 bridgehead atoms. The molecule has 33 heavy (non-hydrogen) atoms. The number of nitrogens with zero attached hydrogens (tertiary/aromatic N) is 5. The quantitative estimate of drug-likeness (QED) is 0.379. The van der Waals surface area contributed by atoms with Crippen LogP contribution in [0, 0.1) is 18.3 Å². The molecule has 4 rings (SSSR count). The zero-order chi connectivity index (χ0) is 23.8. The molecule has 0 spiro atoms. The minimum Gasteiger partial charge on any atom is -0.308 e. The fraction of sp³-hybridized carbons (Fsp3) is 0.167. The Morgan fingerprint density at radius 1 is 1.06 bits per heavy atom. The number of carbonyl (C=O) groups excluding carboxylic acids is 1. The lowest BCUT2D eigenvalue weighted by molar-refractivity contribution is 0.262. The monoisotopic (exact) mass is 459 g/mol. The summed E-state index contributed by atoms with van der Waals surface area (Å²) >= 11 is 6.02. The van der Waals surface area contributed by atoms with E-state index in [1.807, 2.05) is 45.0 Å². The van der Waals surface area contributed by atoms with Gasteiger partial charge in [-0.05, 0) is 48.7 Å². The molecule has 0 aliphatic carbocycles. The van der Waals surface area contributed by atoms with Gasteiger partial charge in [0.05, 0.1) is 22.9 Å². The Bertz CT molecular complexity index is 1300. The summed E-state index contributed by atoms with van der Waals surface area (Å²) in [5.41, 5.74) is 5.04. The SMILES string of the molecule is CC(C)c1c(NC(=O)Nc2ccncc2)cnc2ccc(Cl)nc12.Cc1cccnc1C#N. The van der Waals surface area contributed by atoms with Crippen molar-refractivity contribution in [1.82, 2.24) is 19.9 Å². The van der Waals surface area contributed by atoms with Crippen molar-refractivity contribution in [2.24, 2.45) is 0 Å². The normalized spacial score (nSPS) is 10.2. The summed E-state index contributed by atoms with van der Waals surface area (Å²) in [5.74, 6) is 0.137. The molecule has 0 fully saturated rings. The second-order valence-electron chi connectivity index (χ2n) is 7.34. The predicted molar refractivity (Wildman–Crippen MR) is 129 cm³/mol. The Hall–Kier alpha value is -4.09. The van der Waals surface area contributed by atoms with Crippen LogP contribution in [0.25, 0.3) is 11.0 Å². The van der Waals surface area contributed by atoms with Crippen LogP contribution in [0.5, 0.6) is 0 Å². The Morgan fingerprint density at radius 2 is 1.82 bits per heavy atom. The van der Waals surface area contributed by atoms with Crippen molar-refractivity contribution >= 4 is 40.0 Å². The Kier molecular flexibility index (Phi) is 7.84. The summed E-state index contributed by atoms with van der Waals surface area (Å²) < 4.78 is 0. The van der Waals surface area contributed by atoms with E-state index in [4.69, 9.17) is 16.9 Å². The van der Waals surface area contributed by atoms with Gasteiger partial charge in [0.15, 0.2) is 0 Å². The first kappa shape index (κ1) is 23.6. The van der Waals surface area contributed by atoms with Gasteiger partial charge in [0.1, 0.15) is 16.9 Å². The summed E-state index contributed by atoms with van der Waals surface area (Å²) in [6, 6.07) is 12.2. The van der Waals surface area contributed by atoms with Gasteiger partial charge in [-0.3, -0.25) is 9.97 Å². The number of nitrogens with one attached hydrogen (secondary N) is 2. The third kappa shape index (κ3) is 6.21. The van der Waals surface area contributed by atoms with Crippen LogP contribution >= 0.6 is 11.6 Å². The highest BCUT2D eigenvalue weighted by Crippen LogP contribution is 2.30. The van der Waals surface area contributed by atoms with Crippen molar-refractivity contribution in [1.29, 1.82) is 5.26 Å². The van der Waals surface area contributed by atoms with Crippen molar-refractivity contribution < 1.29 is 4.79 Å². The highest BCUT2D eigenvalue weighted by Gasteiger charge is 2.16. The van der Waals surface area contributed by atoms with Gasteiger partial charge in [-0.1, -0.05) is 31.5 Å². The molecule has 0 aliphatic rings. The van der Waals surface area contributed by atoms with Gasteiger partial charge in [-0.15, -0.1) is 0 Å². The zero-order valence-corrected chi connectivity index (χ0v) is 19.1. The van der Waals surface area contributed by atoms with Crippen molar-refractivity contribution in [2.45, 2.75) is 26.7 Å². The molecule has 4 heterocycles. The largest absolute Gasteiger partial charge is 0.323 e. The van der Waals surface area contributed by atoms with Crippen LogP contribution in [0.15, 0.2) is 61.2 Å². The van der Waals surface area contributed by atoms with Crippen LogP contribution in [0.2, 0.25) is 5.15 Å². The zero-order valence-electron chi connectivity index (χ0n) is 18.4. The van der Waals surface area contributed by atoms with Gasteiger partial charge in [0, 0.05) is 29.8 Å². The number of carbonyl (C=O) groups is 1. The topological polar surface area (TPSA) is 116 Å². The van der Waals surface area contributed by atoms with E-state index in [0.29, 0.717) is 27.7 Å². The molecule has 2 amide bonds. The number of halogens is 1. The Balaban J connectivity index is 0.000000286. The van der Waals surface area contributed by atoms with E-state index in [0.717, 1.165) is 16.6 Å². The van der Waals surface area contributed by atoms with Crippen molar-refractivity contribution in [3.63, 3.8) is 0 Å². The first-order valence-corrected chi connectivity index (χ1v) is 10.5. The maximum atomic E-state index is 12.2. The molecule has 9 heteroatoms. The highest BCUT2D eigenvalue weighted by atomic mass is 35.5. The van der Waals surface area contributed by atoms with Gasteiger partial charge >= 0.3 is 6.03 Å². The lowest BCUT2D eigenvalue weighted by Crippen LogP contribution is -2.20. The standard InChI is InChI=1S/C17H16ClN5O.C7H6N2/c1-10(2)15-13(9-20-12-3-4-14(18)23-16(12)15)22-17(24)21-11-5-7-19-8-6-11;1-6-3-2-4-9-7(6)5-8/h3-10H,1-2H3,(H2,19,21,22,24);2-4H,1H3. The summed E-state index contributed by atoms with van der Waals surface area (Å²) in [6.45, 7) is 5.93. The molecule has 0 aromatic carbocycles. The molecular weight excluding hydrogens is 438 g/mol. The van der Waals surface area contributed by atoms with E-state index in [2.05, 4.69) is 30.6 Å². The molecule has 0 saturated carbocycles. The first-order chi connectivity index (χ1) is 15.9. The minimum absolute atomic E-state index is 0.137. The minimum atomic E-state index is -0.355. The number of fused-ring (bicyclic) bond motifs is 1. The Labute approximate surface area is 196 Å². The number of aromatic nitrogens is 4. The van der Waals surface area contributed by atoms with Gasteiger partial charge in [0.25, 0.3) is 0 Å². The summed E-state index contributed by atoms with van der Waals surface area (Å²) in [6.07, 6.45) is 6.47. The number of aryl methyl sites for hydroxylation is 1. The number of rotatable bonds is 3. The van der Waals surface area contributed by atoms with E-state index in [1.165, 1.54) is 0 Å². The Morgan fingerprint density at radius 3 is 2.45 bits per heavy atom. The lowest BCUT2D eigenvalue weighted by atomic mass is 10.0. The van der Waals surface area contributed by atoms with Crippen molar-refractivity contribution in [2.75, 3.05) is 10.6 Å². The summed E-state index contributed by atoms with van der Waals surface area (Å²) in [5, 5.41) is 14.4. The van der Waals surface area contributed by atoms with Crippen LogP contribution in [-0.4, -0.2) is 26.0 Å². The number of hydrogen-bond acceptors (Lipinski definition) is 6. The molecule has 0 unspecified atom stereocenters. The van der Waals surface area contributed by atoms with Crippen LogP contribution in [0.4, 0.5) is 16.2 Å². The molecule has 4 aromatic rings. The van der Waals surface area contributed by atoms with Gasteiger partial charge in [-0.2, -0.15) is 5.26 Å². The maximum Gasteiger partial charge on any atom is 0.323 e. The first-order valence-electron chi connectivity index (χ1n) is 10.1. The molecule has 8 nitrogen and oxygen atoms in total.